The van der Waals surface area contributed by atoms with Gasteiger partial charge in [0.05, 0.1) is 0 Å². The fraction of sp³-hybridized carbons (Fsp3) is 0.444. The third-order valence-corrected chi connectivity index (χ3v) is 2.57. The summed E-state index contributed by atoms with van der Waals surface area (Å²) in [4.78, 5) is 12.6. The lowest BCUT2D eigenvalue weighted by atomic mass is 10.4. The van der Waals surface area contributed by atoms with E-state index in [0.29, 0.717) is 11.7 Å². The molecule has 2 aromatic heterocycles. The van der Waals surface area contributed by atoms with Crippen LogP contribution >= 0.6 is 0 Å². The Morgan fingerprint density at radius 3 is 2.94 bits per heavy atom. The number of nitrogen functional groups attached to an aromatic ring is 1. The minimum Gasteiger partial charge on any atom is -0.368 e. The fourth-order valence-corrected chi connectivity index (χ4v) is 1.60. The second-order valence-corrected chi connectivity index (χ2v) is 3.86. The van der Waals surface area contributed by atoms with Crippen LogP contribution in [0.15, 0.2) is 6.33 Å². The maximum absolute atomic E-state index is 5.67. The van der Waals surface area contributed by atoms with Crippen LogP contribution in [0.2, 0.25) is 0 Å². The minimum absolute atomic E-state index is 0.257. The van der Waals surface area contributed by atoms with Crippen molar-refractivity contribution >= 4 is 22.9 Å². The van der Waals surface area contributed by atoms with Crippen LogP contribution in [0.25, 0.3) is 11.2 Å². The van der Waals surface area contributed by atoms with E-state index in [9.17, 15) is 0 Å². The van der Waals surface area contributed by atoms with Crippen molar-refractivity contribution in [2.24, 2.45) is 0 Å². The third-order valence-electron chi connectivity index (χ3n) is 2.57. The van der Waals surface area contributed by atoms with Crippen LogP contribution in [0.5, 0.6) is 0 Å². The first kappa shape index (κ1) is 9.20. The highest BCUT2D eigenvalue weighted by molar-refractivity contribution is 5.84. The average molecular weight is 219 g/mol. The van der Waals surface area contributed by atoms with Crippen LogP contribution in [-0.2, 0) is 0 Å². The van der Waals surface area contributed by atoms with Crippen molar-refractivity contribution < 1.29 is 0 Å². The number of fused-ring (bicyclic) bond motifs is 1. The summed E-state index contributed by atoms with van der Waals surface area (Å²) in [6.07, 6.45) is 4.02. The van der Waals surface area contributed by atoms with Gasteiger partial charge in [-0.3, -0.25) is 0 Å². The summed E-state index contributed by atoms with van der Waals surface area (Å²) in [5, 5.41) is 3.30. The zero-order valence-corrected chi connectivity index (χ0v) is 8.94. The van der Waals surface area contributed by atoms with E-state index >= 15 is 0 Å². The molecule has 0 amide bonds. The summed E-state index contributed by atoms with van der Waals surface area (Å²) in [6, 6.07) is 0.511. The molecule has 7 heteroatoms. The summed E-state index contributed by atoms with van der Waals surface area (Å²) in [5.41, 5.74) is 10.1. The van der Waals surface area contributed by atoms with Gasteiger partial charge in [0.15, 0.2) is 17.0 Å². The van der Waals surface area contributed by atoms with Crippen LogP contribution in [0.3, 0.4) is 0 Å². The minimum atomic E-state index is 0.257. The standard InChI is InChI=1S/C9H13N7/c1-11-16-4-12-6-7(13-5-2-3-5)14-9(10)15-8(6)16/h4-5,11H,2-3H2,1H3,(H3,10,13,14,15). The zero-order valence-electron chi connectivity index (χ0n) is 8.94. The molecule has 0 radical (unpaired) electrons. The normalized spacial score (nSPS) is 15.3. The predicted octanol–water partition coefficient (Wildman–Crippen LogP) is 0.156. The van der Waals surface area contributed by atoms with Gasteiger partial charge in [-0.05, 0) is 12.8 Å². The Kier molecular flexibility index (Phi) is 1.85. The molecule has 0 aliphatic heterocycles. The first-order valence-electron chi connectivity index (χ1n) is 5.23. The van der Waals surface area contributed by atoms with Crippen molar-refractivity contribution in [3.63, 3.8) is 0 Å². The van der Waals surface area contributed by atoms with Crippen LogP contribution < -0.4 is 16.5 Å². The molecule has 2 aromatic rings. The van der Waals surface area contributed by atoms with Gasteiger partial charge in [0.2, 0.25) is 5.95 Å². The van der Waals surface area contributed by atoms with Gasteiger partial charge >= 0.3 is 0 Å². The van der Waals surface area contributed by atoms with Crippen LogP contribution in [0.1, 0.15) is 12.8 Å². The van der Waals surface area contributed by atoms with E-state index in [1.807, 2.05) is 0 Å². The lowest BCUT2D eigenvalue weighted by Crippen LogP contribution is -2.10. The van der Waals surface area contributed by atoms with Gasteiger partial charge in [-0.15, -0.1) is 0 Å². The quantitative estimate of drug-likeness (QED) is 0.680. The van der Waals surface area contributed by atoms with E-state index in [1.54, 1.807) is 18.1 Å². The molecule has 16 heavy (non-hydrogen) atoms. The molecule has 0 spiro atoms. The lowest BCUT2D eigenvalue weighted by Gasteiger charge is -2.06. The van der Waals surface area contributed by atoms with E-state index in [4.69, 9.17) is 5.73 Å². The maximum atomic E-state index is 5.67. The number of hydrogen-bond acceptors (Lipinski definition) is 6. The molecule has 0 saturated heterocycles. The summed E-state index contributed by atoms with van der Waals surface area (Å²) < 4.78 is 1.71. The first-order valence-corrected chi connectivity index (χ1v) is 5.23. The van der Waals surface area contributed by atoms with Gasteiger partial charge in [-0.25, -0.2) is 9.66 Å². The topological polar surface area (TPSA) is 93.7 Å². The molecule has 84 valence electrons. The van der Waals surface area contributed by atoms with Gasteiger partial charge in [0.25, 0.3) is 0 Å². The molecular weight excluding hydrogens is 206 g/mol. The Morgan fingerprint density at radius 2 is 2.25 bits per heavy atom. The number of nitrogens with two attached hydrogens (primary N) is 1. The van der Waals surface area contributed by atoms with Crippen molar-refractivity contribution in [2.45, 2.75) is 18.9 Å². The molecule has 4 N–H and O–H groups in total. The van der Waals surface area contributed by atoms with Crippen LogP contribution in [0.4, 0.5) is 11.8 Å². The zero-order chi connectivity index (χ0) is 11.1. The predicted molar refractivity (Wildman–Crippen MR) is 61.7 cm³/mol. The second-order valence-electron chi connectivity index (χ2n) is 3.86. The number of nitrogens with zero attached hydrogens (tertiary/aromatic N) is 4. The molecule has 0 atom stereocenters. The summed E-state index contributed by atoms with van der Waals surface area (Å²) in [7, 11) is 1.80. The van der Waals surface area contributed by atoms with Gasteiger partial charge in [0.1, 0.15) is 6.33 Å². The van der Waals surface area contributed by atoms with Crippen LogP contribution in [-0.4, -0.2) is 32.7 Å². The highest BCUT2D eigenvalue weighted by Gasteiger charge is 2.23. The number of hydrogen-bond donors (Lipinski definition) is 3. The molecule has 1 fully saturated rings. The third kappa shape index (κ3) is 1.40. The van der Waals surface area contributed by atoms with Crippen molar-refractivity contribution in [3.8, 4) is 0 Å². The summed E-state index contributed by atoms with van der Waals surface area (Å²) >= 11 is 0. The van der Waals surface area contributed by atoms with Crippen molar-refractivity contribution in [1.82, 2.24) is 19.6 Å². The van der Waals surface area contributed by atoms with E-state index in [2.05, 4.69) is 25.7 Å². The Bertz CT molecular complexity index is 528. The number of imidazole rings is 1. The SMILES string of the molecule is CNn1cnc2c(NC3CC3)nc(N)nc21. The van der Waals surface area contributed by atoms with Gasteiger partial charge < -0.3 is 16.5 Å². The monoisotopic (exact) mass is 219 g/mol. The molecule has 7 nitrogen and oxygen atoms in total. The molecule has 0 aromatic carbocycles. The molecule has 1 aliphatic carbocycles. The molecule has 0 bridgehead atoms. The van der Waals surface area contributed by atoms with E-state index in [1.165, 1.54) is 12.8 Å². The molecular formula is C9H13N7. The molecule has 3 rings (SSSR count). The van der Waals surface area contributed by atoms with E-state index in [-0.39, 0.29) is 5.95 Å². The highest BCUT2D eigenvalue weighted by atomic mass is 15.4. The maximum Gasteiger partial charge on any atom is 0.224 e. The van der Waals surface area contributed by atoms with E-state index < -0.39 is 0 Å². The van der Waals surface area contributed by atoms with Gasteiger partial charge in [0, 0.05) is 13.1 Å². The highest BCUT2D eigenvalue weighted by Crippen LogP contribution is 2.27. The number of nitrogens with one attached hydrogen (secondary N) is 2. The fourth-order valence-electron chi connectivity index (χ4n) is 1.60. The molecule has 1 aliphatic rings. The Balaban J connectivity index is 2.14. The van der Waals surface area contributed by atoms with Crippen molar-refractivity contribution in [3.05, 3.63) is 6.33 Å². The number of aromatic nitrogens is 4. The number of anilines is 2. The van der Waals surface area contributed by atoms with Crippen molar-refractivity contribution in [2.75, 3.05) is 23.5 Å². The van der Waals surface area contributed by atoms with Crippen molar-refractivity contribution in [1.29, 1.82) is 0 Å². The molecule has 2 heterocycles. The average Bonchev–Trinajstić information content (AvgIpc) is 2.96. The summed E-state index contributed by atoms with van der Waals surface area (Å²) in [5.74, 6) is 0.978. The Morgan fingerprint density at radius 1 is 1.44 bits per heavy atom. The first-order chi connectivity index (χ1) is 7.78. The van der Waals surface area contributed by atoms with E-state index in [0.717, 1.165) is 11.3 Å². The second kappa shape index (κ2) is 3.22. The van der Waals surface area contributed by atoms with Crippen LogP contribution in [0, 0.1) is 0 Å². The number of rotatable bonds is 3. The van der Waals surface area contributed by atoms with Gasteiger partial charge in [-0.2, -0.15) is 9.97 Å². The Labute approximate surface area is 92.1 Å². The van der Waals surface area contributed by atoms with Gasteiger partial charge in [-0.1, -0.05) is 0 Å². The molecule has 1 saturated carbocycles. The molecule has 0 unspecified atom stereocenters. The smallest absolute Gasteiger partial charge is 0.224 e. The largest absolute Gasteiger partial charge is 0.368 e. The lowest BCUT2D eigenvalue weighted by molar-refractivity contribution is 0.938. The summed E-state index contributed by atoms with van der Waals surface area (Å²) in [6.45, 7) is 0. The Hall–Kier alpha value is -2.05.